The highest BCUT2D eigenvalue weighted by molar-refractivity contribution is 5.78. The van der Waals surface area contributed by atoms with Crippen LogP contribution in [0.3, 0.4) is 0 Å². The molecule has 0 aromatic carbocycles. The highest BCUT2D eigenvalue weighted by atomic mass is 16.2. The summed E-state index contributed by atoms with van der Waals surface area (Å²) in [5.74, 6) is 0.947. The van der Waals surface area contributed by atoms with Gasteiger partial charge in [-0.1, -0.05) is 67.7 Å². The van der Waals surface area contributed by atoms with Gasteiger partial charge in [-0.05, 0) is 18.8 Å². The Morgan fingerprint density at radius 3 is 1.79 bits per heavy atom. The van der Waals surface area contributed by atoms with Crippen LogP contribution >= 0.6 is 0 Å². The van der Waals surface area contributed by atoms with Crippen molar-refractivity contribution in [1.29, 1.82) is 0 Å². The molecule has 116 valence electrons. The zero-order valence-corrected chi connectivity index (χ0v) is 14.5. The molecule has 1 saturated heterocycles. The summed E-state index contributed by atoms with van der Waals surface area (Å²) in [5, 5.41) is 0. The van der Waals surface area contributed by atoms with Gasteiger partial charge in [-0.15, -0.1) is 0 Å². The van der Waals surface area contributed by atoms with Crippen LogP contribution in [0.15, 0.2) is 0 Å². The van der Waals surface area contributed by atoms with Gasteiger partial charge in [0.1, 0.15) is 0 Å². The second-order valence-electron chi connectivity index (χ2n) is 5.29. The Balaban J connectivity index is 0. The highest BCUT2D eigenvalue weighted by Gasteiger charge is 2.30. The average molecular weight is 271 g/mol. The summed E-state index contributed by atoms with van der Waals surface area (Å²) in [4.78, 5) is 13.8. The topological polar surface area (TPSA) is 20.3 Å². The van der Waals surface area contributed by atoms with Crippen molar-refractivity contribution in [3.05, 3.63) is 0 Å². The fraction of sp³-hybridized carbons (Fsp3) is 0.941. The van der Waals surface area contributed by atoms with Gasteiger partial charge in [0.25, 0.3) is 0 Å². The first-order valence-electron chi connectivity index (χ1n) is 8.39. The van der Waals surface area contributed by atoms with Crippen molar-refractivity contribution in [2.75, 3.05) is 6.54 Å². The third kappa shape index (κ3) is 9.07. The fourth-order valence-electron chi connectivity index (χ4n) is 2.39. The molecule has 2 heteroatoms. The molecule has 0 aromatic rings. The van der Waals surface area contributed by atoms with Crippen molar-refractivity contribution < 1.29 is 4.79 Å². The van der Waals surface area contributed by atoms with Crippen molar-refractivity contribution in [2.24, 2.45) is 5.92 Å². The zero-order valence-electron chi connectivity index (χ0n) is 14.5. The summed E-state index contributed by atoms with van der Waals surface area (Å²) in [6.07, 6.45) is 6.73. The van der Waals surface area contributed by atoms with Gasteiger partial charge < -0.3 is 4.90 Å². The second-order valence-corrected chi connectivity index (χ2v) is 5.29. The van der Waals surface area contributed by atoms with E-state index in [1.54, 1.807) is 0 Å². The maximum Gasteiger partial charge on any atom is 0.223 e. The van der Waals surface area contributed by atoms with Gasteiger partial charge >= 0.3 is 0 Å². The SMILES string of the molecule is CC.CCC.CCCC(CCC)N1CC(C)CC1=O. The van der Waals surface area contributed by atoms with E-state index < -0.39 is 0 Å². The van der Waals surface area contributed by atoms with Crippen LogP contribution in [-0.2, 0) is 4.79 Å². The predicted molar refractivity (Wildman–Crippen MR) is 86.4 cm³/mol. The first-order valence-corrected chi connectivity index (χ1v) is 8.39. The smallest absolute Gasteiger partial charge is 0.223 e. The molecular formula is C17H37NO. The molecule has 0 spiro atoms. The molecule has 1 rings (SSSR count). The van der Waals surface area contributed by atoms with Crippen LogP contribution in [0.25, 0.3) is 0 Å². The molecule has 1 aliphatic heterocycles. The van der Waals surface area contributed by atoms with Gasteiger partial charge in [0.15, 0.2) is 0 Å². The number of carbonyl (C=O) groups is 1. The van der Waals surface area contributed by atoms with E-state index in [0.29, 0.717) is 17.9 Å². The summed E-state index contributed by atoms with van der Waals surface area (Å²) < 4.78 is 0. The summed E-state index contributed by atoms with van der Waals surface area (Å²) in [6.45, 7) is 15.8. The van der Waals surface area contributed by atoms with E-state index in [0.717, 1.165) is 13.0 Å². The first-order chi connectivity index (χ1) is 9.10. The minimum absolute atomic E-state index is 0.379. The van der Waals surface area contributed by atoms with E-state index in [4.69, 9.17) is 0 Å². The molecule has 1 unspecified atom stereocenters. The Morgan fingerprint density at radius 1 is 1.11 bits per heavy atom. The van der Waals surface area contributed by atoms with Gasteiger partial charge in [0.05, 0.1) is 0 Å². The van der Waals surface area contributed by atoms with E-state index in [9.17, 15) is 4.79 Å². The molecule has 1 atom stereocenters. The fourth-order valence-corrected chi connectivity index (χ4v) is 2.39. The summed E-state index contributed by atoms with van der Waals surface area (Å²) in [5.41, 5.74) is 0. The lowest BCUT2D eigenvalue weighted by atomic mass is 10.1. The Hall–Kier alpha value is -0.530. The number of amides is 1. The zero-order chi connectivity index (χ0) is 15.3. The third-order valence-corrected chi connectivity index (χ3v) is 3.04. The molecule has 0 saturated carbocycles. The van der Waals surface area contributed by atoms with E-state index in [1.807, 2.05) is 13.8 Å². The van der Waals surface area contributed by atoms with Gasteiger partial charge in [0.2, 0.25) is 5.91 Å². The molecule has 2 nitrogen and oxygen atoms in total. The number of nitrogens with zero attached hydrogens (tertiary/aromatic N) is 1. The molecule has 1 fully saturated rings. The van der Waals surface area contributed by atoms with Gasteiger partial charge in [-0.3, -0.25) is 4.79 Å². The lowest BCUT2D eigenvalue weighted by Gasteiger charge is -2.27. The van der Waals surface area contributed by atoms with Crippen molar-refractivity contribution in [3.63, 3.8) is 0 Å². The van der Waals surface area contributed by atoms with Crippen LogP contribution in [0, 0.1) is 5.92 Å². The number of rotatable bonds is 5. The first kappa shape index (κ1) is 20.8. The Morgan fingerprint density at radius 2 is 1.53 bits per heavy atom. The maximum atomic E-state index is 11.7. The van der Waals surface area contributed by atoms with Gasteiger partial charge in [-0.25, -0.2) is 0 Å². The number of likely N-dealkylation sites (tertiary alicyclic amines) is 1. The molecule has 0 aromatic heterocycles. The molecular weight excluding hydrogens is 234 g/mol. The lowest BCUT2D eigenvalue weighted by molar-refractivity contribution is -0.129. The highest BCUT2D eigenvalue weighted by Crippen LogP contribution is 2.23. The predicted octanol–water partition coefficient (Wildman–Crippen LogP) is 5.27. The molecule has 1 heterocycles. The van der Waals surface area contributed by atoms with Crippen molar-refractivity contribution >= 4 is 5.91 Å². The quantitative estimate of drug-likeness (QED) is 0.667. The number of hydrogen-bond donors (Lipinski definition) is 0. The number of carbonyl (C=O) groups excluding carboxylic acids is 1. The van der Waals surface area contributed by atoms with Crippen molar-refractivity contribution in [1.82, 2.24) is 4.90 Å². The molecule has 19 heavy (non-hydrogen) atoms. The van der Waals surface area contributed by atoms with E-state index in [-0.39, 0.29) is 0 Å². The normalized spacial score (nSPS) is 17.8. The van der Waals surface area contributed by atoms with Crippen LogP contribution in [0.5, 0.6) is 0 Å². The van der Waals surface area contributed by atoms with Gasteiger partial charge in [0, 0.05) is 19.0 Å². The Bertz CT molecular complexity index is 197. The minimum atomic E-state index is 0.379. The summed E-state index contributed by atoms with van der Waals surface area (Å²) in [6, 6.07) is 0.516. The molecule has 1 aliphatic rings. The van der Waals surface area contributed by atoms with E-state index in [2.05, 4.69) is 39.5 Å². The van der Waals surface area contributed by atoms with Crippen molar-refractivity contribution in [2.45, 2.75) is 93.0 Å². The monoisotopic (exact) mass is 271 g/mol. The van der Waals surface area contributed by atoms with Crippen LogP contribution in [0.1, 0.15) is 87.0 Å². The third-order valence-electron chi connectivity index (χ3n) is 3.04. The standard InChI is InChI=1S/C12H23NO.C3H8.C2H6/c1-4-6-11(7-5-2)13-9-10(3)8-12(13)14;1-3-2;1-2/h10-11H,4-9H2,1-3H3;3H2,1-2H3;1-2H3. The van der Waals surface area contributed by atoms with Crippen LogP contribution < -0.4 is 0 Å². The molecule has 0 radical (unpaired) electrons. The van der Waals surface area contributed by atoms with E-state index in [1.165, 1.54) is 32.1 Å². The number of hydrogen-bond acceptors (Lipinski definition) is 1. The Labute approximate surface area is 122 Å². The summed E-state index contributed by atoms with van der Waals surface area (Å²) in [7, 11) is 0. The second kappa shape index (κ2) is 13.9. The lowest BCUT2D eigenvalue weighted by Crippen LogP contribution is -2.36. The Kier molecular flexibility index (Phi) is 15.2. The van der Waals surface area contributed by atoms with Crippen LogP contribution in [0.2, 0.25) is 0 Å². The van der Waals surface area contributed by atoms with Crippen molar-refractivity contribution in [3.8, 4) is 0 Å². The van der Waals surface area contributed by atoms with Crippen LogP contribution in [0.4, 0.5) is 0 Å². The summed E-state index contributed by atoms with van der Waals surface area (Å²) >= 11 is 0. The average Bonchev–Trinajstić information content (AvgIpc) is 2.72. The largest absolute Gasteiger partial charge is 0.339 e. The van der Waals surface area contributed by atoms with Gasteiger partial charge in [-0.2, -0.15) is 0 Å². The molecule has 1 amide bonds. The maximum absolute atomic E-state index is 11.7. The molecule has 0 N–H and O–H groups in total. The minimum Gasteiger partial charge on any atom is -0.339 e. The van der Waals surface area contributed by atoms with Crippen LogP contribution in [-0.4, -0.2) is 23.4 Å². The molecule has 0 bridgehead atoms. The molecule has 0 aliphatic carbocycles. The van der Waals surface area contributed by atoms with E-state index >= 15 is 0 Å².